The fourth-order valence-electron chi connectivity index (χ4n) is 2.59. The Morgan fingerprint density at radius 1 is 1.30 bits per heavy atom. The molecule has 1 aliphatic heterocycles. The van der Waals surface area contributed by atoms with Crippen LogP contribution in [-0.4, -0.2) is 32.8 Å². The number of methoxy groups -OCH3 is 1. The molecule has 0 aromatic heterocycles. The highest BCUT2D eigenvalue weighted by atomic mass is 79.9. The average molecular weight is 341 g/mol. The molecule has 1 unspecified atom stereocenters. The molecule has 4 heteroatoms. The van der Waals surface area contributed by atoms with Crippen molar-refractivity contribution < 1.29 is 4.74 Å². The molecule has 0 aliphatic carbocycles. The van der Waals surface area contributed by atoms with Crippen molar-refractivity contribution in [3.05, 3.63) is 22.7 Å². The van der Waals surface area contributed by atoms with Gasteiger partial charge in [0.05, 0.1) is 7.11 Å². The van der Waals surface area contributed by atoms with Crippen LogP contribution in [0.4, 0.5) is 5.69 Å². The zero-order chi connectivity index (χ0) is 14.8. The molecular formula is C16H25BrN2O. The topological polar surface area (TPSA) is 24.5 Å². The largest absolute Gasteiger partial charge is 0.497 e. The lowest BCUT2D eigenvalue weighted by molar-refractivity contribution is 0.280. The van der Waals surface area contributed by atoms with Crippen molar-refractivity contribution in [2.45, 2.75) is 33.2 Å². The molecule has 1 saturated heterocycles. The maximum absolute atomic E-state index is 5.38. The number of anilines is 1. The van der Waals surface area contributed by atoms with Crippen LogP contribution >= 0.6 is 15.9 Å². The van der Waals surface area contributed by atoms with E-state index >= 15 is 0 Å². The average Bonchev–Trinajstić information content (AvgIpc) is 2.63. The minimum Gasteiger partial charge on any atom is -0.497 e. The number of hydrogen-bond acceptors (Lipinski definition) is 3. The zero-order valence-corrected chi connectivity index (χ0v) is 14.5. The van der Waals surface area contributed by atoms with Gasteiger partial charge in [0.2, 0.25) is 0 Å². The summed E-state index contributed by atoms with van der Waals surface area (Å²) in [7, 11) is 1.72. The van der Waals surface area contributed by atoms with E-state index in [9.17, 15) is 0 Å². The van der Waals surface area contributed by atoms with Crippen molar-refractivity contribution in [3.8, 4) is 5.75 Å². The van der Waals surface area contributed by atoms with Gasteiger partial charge < -0.3 is 15.0 Å². The first-order valence-corrected chi connectivity index (χ1v) is 8.02. The van der Waals surface area contributed by atoms with Gasteiger partial charge in [0.15, 0.2) is 0 Å². The van der Waals surface area contributed by atoms with E-state index < -0.39 is 0 Å². The van der Waals surface area contributed by atoms with E-state index in [1.54, 1.807) is 7.11 Å². The van der Waals surface area contributed by atoms with Crippen molar-refractivity contribution in [2.75, 3.05) is 31.6 Å². The Morgan fingerprint density at radius 3 is 2.70 bits per heavy atom. The molecule has 1 aliphatic rings. The monoisotopic (exact) mass is 340 g/mol. The van der Waals surface area contributed by atoms with Crippen LogP contribution < -0.4 is 15.0 Å². The van der Waals surface area contributed by atoms with Gasteiger partial charge >= 0.3 is 0 Å². The number of nitrogens with zero attached hydrogens (tertiary/aromatic N) is 1. The molecule has 1 atom stereocenters. The minimum atomic E-state index is 0.263. The molecule has 1 heterocycles. The number of benzene rings is 1. The van der Waals surface area contributed by atoms with E-state index in [2.05, 4.69) is 59.1 Å². The smallest absolute Gasteiger partial charge is 0.122 e. The third-order valence-corrected chi connectivity index (χ3v) is 4.36. The summed E-state index contributed by atoms with van der Waals surface area (Å²) in [5, 5.41) is 3.68. The Kier molecular flexibility index (Phi) is 4.97. The van der Waals surface area contributed by atoms with Crippen molar-refractivity contribution in [1.82, 2.24) is 5.32 Å². The van der Waals surface area contributed by atoms with Gasteiger partial charge in [-0.3, -0.25) is 0 Å². The Hall–Kier alpha value is -0.740. The Morgan fingerprint density at radius 2 is 2.05 bits per heavy atom. The molecule has 3 nitrogen and oxygen atoms in total. The second-order valence-corrected chi connectivity index (χ2v) is 7.44. The molecule has 1 aromatic rings. The summed E-state index contributed by atoms with van der Waals surface area (Å²) < 4.78 is 6.45. The van der Waals surface area contributed by atoms with Crippen LogP contribution in [0, 0.1) is 5.41 Å². The summed E-state index contributed by atoms with van der Waals surface area (Å²) in [5.41, 5.74) is 1.49. The third-order valence-electron chi connectivity index (χ3n) is 3.90. The maximum Gasteiger partial charge on any atom is 0.122 e. The normalized spacial score (nSPS) is 20.6. The van der Waals surface area contributed by atoms with Crippen molar-refractivity contribution >= 4 is 21.6 Å². The molecule has 1 aromatic carbocycles. The van der Waals surface area contributed by atoms with Crippen LogP contribution in [0.25, 0.3) is 0 Å². The molecular weight excluding hydrogens is 316 g/mol. The summed E-state index contributed by atoms with van der Waals surface area (Å²) in [4.78, 5) is 2.46. The van der Waals surface area contributed by atoms with Crippen LogP contribution in [-0.2, 0) is 0 Å². The number of halogens is 1. The minimum absolute atomic E-state index is 0.263. The molecule has 0 saturated carbocycles. The van der Waals surface area contributed by atoms with Crippen LogP contribution in [0.1, 0.15) is 27.2 Å². The first-order valence-electron chi connectivity index (χ1n) is 7.23. The van der Waals surface area contributed by atoms with E-state index in [0.29, 0.717) is 6.04 Å². The predicted molar refractivity (Wildman–Crippen MR) is 88.8 cm³/mol. The first kappa shape index (κ1) is 15.6. The summed E-state index contributed by atoms with van der Waals surface area (Å²) >= 11 is 3.57. The number of hydrogen-bond donors (Lipinski definition) is 1. The maximum atomic E-state index is 5.38. The van der Waals surface area contributed by atoms with Crippen molar-refractivity contribution in [1.29, 1.82) is 0 Å². The van der Waals surface area contributed by atoms with Gasteiger partial charge in [0.1, 0.15) is 5.75 Å². The number of nitrogens with one attached hydrogen (secondary N) is 1. The summed E-state index contributed by atoms with van der Waals surface area (Å²) in [6, 6.07) is 6.79. The lowest BCUT2D eigenvalue weighted by Gasteiger charge is -2.34. The van der Waals surface area contributed by atoms with Crippen LogP contribution in [0.15, 0.2) is 22.7 Å². The van der Waals surface area contributed by atoms with E-state index in [4.69, 9.17) is 4.74 Å². The lowest BCUT2D eigenvalue weighted by Crippen LogP contribution is -2.46. The number of ether oxygens (including phenoxy) is 1. The third kappa shape index (κ3) is 3.89. The molecule has 1 N–H and O–H groups in total. The van der Waals surface area contributed by atoms with Gasteiger partial charge in [-0.15, -0.1) is 0 Å². The Labute approximate surface area is 130 Å². The molecule has 1 fully saturated rings. The van der Waals surface area contributed by atoms with Gasteiger partial charge in [-0.1, -0.05) is 36.7 Å². The fourth-order valence-corrected chi connectivity index (χ4v) is 3.05. The summed E-state index contributed by atoms with van der Waals surface area (Å²) in [6.45, 7) is 10.1. The molecule has 0 spiro atoms. The summed E-state index contributed by atoms with van der Waals surface area (Å²) in [6.07, 6.45) is 1.17. The van der Waals surface area contributed by atoms with Gasteiger partial charge in [0.25, 0.3) is 0 Å². The Balaban J connectivity index is 2.24. The SMILES string of the molecule is COc1cc(Br)cc(N2CCCNC(C(C)(C)C)C2)c1. The highest BCUT2D eigenvalue weighted by Crippen LogP contribution is 2.30. The van der Waals surface area contributed by atoms with Gasteiger partial charge in [-0.05, 0) is 30.5 Å². The van der Waals surface area contributed by atoms with E-state index in [0.717, 1.165) is 29.9 Å². The molecule has 0 radical (unpaired) electrons. The van der Waals surface area contributed by atoms with E-state index in [1.165, 1.54) is 12.1 Å². The van der Waals surface area contributed by atoms with Crippen LogP contribution in [0.5, 0.6) is 5.75 Å². The van der Waals surface area contributed by atoms with E-state index in [1.807, 2.05) is 6.07 Å². The molecule has 112 valence electrons. The highest BCUT2D eigenvalue weighted by Gasteiger charge is 2.28. The lowest BCUT2D eigenvalue weighted by atomic mass is 9.86. The molecule has 2 rings (SSSR count). The standard InChI is InChI=1S/C16H25BrN2O/c1-16(2,3)15-11-19(7-5-6-18-15)13-8-12(17)9-14(10-13)20-4/h8-10,15,18H,5-7,11H2,1-4H3. The predicted octanol–water partition coefficient (Wildman–Crippen LogP) is 3.67. The quantitative estimate of drug-likeness (QED) is 0.888. The van der Waals surface area contributed by atoms with Gasteiger partial charge in [0, 0.05) is 35.4 Å². The zero-order valence-electron chi connectivity index (χ0n) is 12.9. The van der Waals surface area contributed by atoms with Gasteiger partial charge in [-0.2, -0.15) is 0 Å². The second-order valence-electron chi connectivity index (χ2n) is 6.52. The number of rotatable bonds is 2. The van der Waals surface area contributed by atoms with Crippen molar-refractivity contribution in [3.63, 3.8) is 0 Å². The molecule has 20 heavy (non-hydrogen) atoms. The Bertz CT molecular complexity index is 456. The molecule has 0 amide bonds. The fraction of sp³-hybridized carbons (Fsp3) is 0.625. The summed E-state index contributed by atoms with van der Waals surface area (Å²) in [5.74, 6) is 0.902. The van der Waals surface area contributed by atoms with E-state index in [-0.39, 0.29) is 5.41 Å². The molecule has 0 bridgehead atoms. The highest BCUT2D eigenvalue weighted by molar-refractivity contribution is 9.10. The van der Waals surface area contributed by atoms with Crippen LogP contribution in [0.2, 0.25) is 0 Å². The van der Waals surface area contributed by atoms with Crippen LogP contribution in [0.3, 0.4) is 0 Å². The first-order chi connectivity index (χ1) is 9.40. The van der Waals surface area contributed by atoms with Gasteiger partial charge in [-0.25, -0.2) is 0 Å². The second kappa shape index (κ2) is 6.35. The van der Waals surface area contributed by atoms with Crippen molar-refractivity contribution in [2.24, 2.45) is 5.41 Å².